The van der Waals surface area contributed by atoms with Crippen LogP contribution >= 0.6 is 0 Å². The maximum atomic E-state index is 9.10. The van der Waals surface area contributed by atoms with Crippen LogP contribution in [-0.4, -0.2) is 70.6 Å². The van der Waals surface area contributed by atoms with Gasteiger partial charge < -0.3 is 35.3 Å². The van der Waals surface area contributed by atoms with Gasteiger partial charge in [-0.3, -0.25) is 0 Å². The van der Waals surface area contributed by atoms with E-state index >= 15 is 0 Å². The number of nitrogens with two attached hydrogens (primary N) is 1. The van der Waals surface area contributed by atoms with Crippen molar-refractivity contribution in [1.82, 2.24) is 0 Å². The Balaban J connectivity index is 0.000000315. The fraction of sp³-hybridized carbons (Fsp3) is 0.833. The number of fused-ring (bicyclic) bond motifs is 1. The molecule has 0 amide bonds. The minimum Gasteiger partial charge on any atom is -0.473 e. The number of carboxylic acids is 2. The molecule has 0 spiro atoms. The molecule has 5 N–H and O–H groups in total. The fourth-order valence-electron chi connectivity index (χ4n) is 2.34. The van der Waals surface area contributed by atoms with E-state index < -0.39 is 17.7 Å². The lowest BCUT2D eigenvalue weighted by atomic mass is 10.2. The molecular weight excluding hydrogens is 286 g/mol. The van der Waals surface area contributed by atoms with Crippen molar-refractivity contribution in [1.29, 1.82) is 0 Å². The van der Waals surface area contributed by atoms with Gasteiger partial charge in [-0.15, -0.1) is 0 Å². The summed E-state index contributed by atoms with van der Waals surface area (Å²) in [7, 11) is 0. The van der Waals surface area contributed by atoms with E-state index in [2.05, 4.69) is 0 Å². The van der Waals surface area contributed by atoms with E-state index in [4.69, 9.17) is 44.9 Å². The molecule has 1 aliphatic heterocycles. The minimum absolute atomic E-state index is 0.0212. The van der Waals surface area contributed by atoms with Gasteiger partial charge in [0.05, 0.1) is 19.3 Å². The summed E-state index contributed by atoms with van der Waals surface area (Å²) in [6.07, 6.45) is 0.495. The molecule has 0 aromatic carbocycles. The second-order valence-electron chi connectivity index (χ2n) is 5.21. The summed E-state index contributed by atoms with van der Waals surface area (Å²) in [5.74, 6) is -4.22. The molecule has 2 aliphatic rings. The van der Waals surface area contributed by atoms with Crippen LogP contribution in [0.5, 0.6) is 0 Å². The van der Waals surface area contributed by atoms with Crippen LogP contribution in [-0.2, 0) is 23.8 Å². The van der Waals surface area contributed by atoms with Crippen LogP contribution in [0, 0.1) is 0 Å². The molecule has 122 valence electrons. The second-order valence-corrected chi connectivity index (χ2v) is 5.21. The molecule has 4 unspecified atom stereocenters. The number of ether oxygens (including phenoxy) is 3. The first-order valence-corrected chi connectivity index (χ1v) is 6.48. The number of carboxylic acid groups (broad SMARTS) is 2. The first kappa shape index (κ1) is 17.8. The predicted molar refractivity (Wildman–Crippen MR) is 68.5 cm³/mol. The lowest BCUT2D eigenvalue weighted by molar-refractivity contribution is -0.168. The highest BCUT2D eigenvalue weighted by Gasteiger charge is 2.53. The van der Waals surface area contributed by atoms with Crippen LogP contribution < -0.4 is 5.73 Å². The zero-order valence-corrected chi connectivity index (χ0v) is 11.9. The van der Waals surface area contributed by atoms with Crippen molar-refractivity contribution in [3.05, 3.63) is 0 Å². The van der Waals surface area contributed by atoms with Crippen LogP contribution in [0.3, 0.4) is 0 Å². The standard InChI is InChI=1S/C10H19NO4.C2H2O4/c1-10(2)14-8-6(11)5-7(9(8)15-10)13-4-3-12;3-1(4)2(5)6/h6-9,12H,3-5,11H2,1-2H3;(H,3,4)(H,5,6). The summed E-state index contributed by atoms with van der Waals surface area (Å²) in [5, 5.41) is 23.5. The van der Waals surface area contributed by atoms with Gasteiger partial charge >= 0.3 is 11.9 Å². The molecule has 1 saturated carbocycles. The number of carbonyl (C=O) groups is 2. The Morgan fingerprint density at radius 2 is 1.76 bits per heavy atom. The van der Waals surface area contributed by atoms with Gasteiger partial charge in [-0.05, 0) is 20.3 Å². The van der Waals surface area contributed by atoms with Crippen LogP contribution in [0.4, 0.5) is 0 Å². The quantitative estimate of drug-likeness (QED) is 0.470. The molecule has 0 bridgehead atoms. The first-order valence-electron chi connectivity index (χ1n) is 6.48. The number of aliphatic hydroxyl groups is 1. The Morgan fingerprint density at radius 1 is 1.24 bits per heavy atom. The highest BCUT2D eigenvalue weighted by Crippen LogP contribution is 2.38. The first-order chi connectivity index (χ1) is 9.68. The summed E-state index contributed by atoms with van der Waals surface area (Å²) >= 11 is 0. The van der Waals surface area contributed by atoms with Crippen molar-refractivity contribution in [2.24, 2.45) is 5.73 Å². The molecule has 1 saturated heterocycles. The molecule has 2 fully saturated rings. The summed E-state index contributed by atoms with van der Waals surface area (Å²) in [6, 6.07) is -0.0412. The molecule has 0 aromatic heterocycles. The molecule has 1 aliphatic carbocycles. The molecule has 4 atom stereocenters. The Morgan fingerprint density at radius 3 is 2.24 bits per heavy atom. The molecule has 0 radical (unpaired) electrons. The second kappa shape index (κ2) is 7.14. The van der Waals surface area contributed by atoms with E-state index in [1.807, 2.05) is 13.8 Å². The SMILES string of the molecule is CC1(C)OC2C(N)CC(OCCO)C2O1.O=C(O)C(=O)O. The number of aliphatic hydroxyl groups excluding tert-OH is 1. The van der Waals surface area contributed by atoms with Gasteiger partial charge in [0.25, 0.3) is 0 Å². The van der Waals surface area contributed by atoms with Crippen molar-refractivity contribution >= 4 is 11.9 Å². The molecule has 2 rings (SSSR count). The van der Waals surface area contributed by atoms with Crippen LogP contribution in [0.1, 0.15) is 20.3 Å². The third-order valence-electron chi connectivity index (χ3n) is 3.06. The number of hydrogen-bond acceptors (Lipinski definition) is 7. The van der Waals surface area contributed by atoms with Gasteiger partial charge in [-0.25, -0.2) is 9.59 Å². The Bertz CT molecular complexity index is 373. The molecule has 9 nitrogen and oxygen atoms in total. The fourth-order valence-corrected chi connectivity index (χ4v) is 2.34. The summed E-state index contributed by atoms with van der Waals surface area (Å²) in [6.45, 7) is 4.10. The molecular formula is C12H21NO8. The van der Waals surface area contributed by atoms with E-state index in [0.29, 0.717) is 6.61 Å². The Kier molecular flexibility index (Phi) is 6.05. The van der Waals surface area contributed by atoms with Crippen molar-refractivity contribution < 1.29 is 39.1 Å². The third kappa shape index (κ3) is 4.90. The smallest absolute Gasteiger partial charge is 0.414 e. The Hall–Kier alpha value is -1.26. The third-order valence-corrected chi connectivity index (χ3v) is 3.06. The average Bonchev–Trinajstić information content (AvgIpc) is 2.83. The lowest BCUT2D eigenvalue weighted by Gasteiger charge is -2.22. The summed E-state index contributed by atoms with van der Waals surface area (Å²) < 4.78 is 16.9. The van der Waals surface area contributed by atoms with Gasteiger partial charge in [-0.2, -0.15) is 0 Å². The van der Waals surface area contributed by atoms with Gasteiger partial charge in [0, 0.05) is 6.04 Å². The maximum absolute atomic E-state index is 9.10. The topological polar surface area (TPSA) is 149 Å². The highest BCUT2D eigenvalue weighted by atomic mass is 16.8. The molecule has 1 heterocycles. The Labute approximate surface area is 121 Å². The number of rotatable bonds is 3. The maximum Gasteiger partial charge on any atom is 0.414 e. The van der Waals surface area contributed by atoms with E-state index in [1.165, 1.54) is 0 Å². The van der Waals surface area contributed by atoms with E-state index in [-0.39, 0.29) is 31.0 Å². The monoisotopic (exact) mass is 307 g/mol. The highest BCUT2D eigenvalue weighted by molar-refractivity contribution is 6.27. The number of hydrogen-bond donors (Lipinski definition) is 4. The largest absolute Gasteiger partial charge is 0.473 e. The average molecular weight is 307 g/mol. The van der Waals surface area contributed by atoms with Crippen molar-refractivity contribution in [3.63, 3.8) is 0 Å². The van der Waals surface area contributed by atoms with Crippen LogP contribution in [0.2, 0.25) is 0 Å². The molecule has 21 heavy (non-hydrogen) atoms. The normalized spacial score (nSPS) is 33.0. The van der Waals surface area contributed by atoms with Crippen molar-refractivity contribution in [2.45, 2.75) is 50.4 Å². The van der Waals surface area contributed by atoms with Crippen molar-refractivity contribution in [3.8, 4) is 0 Å². The van der Waals surface area contributed by atoms with E-state index in [1.54, 1.807) is 0 Å². The lowest BCUT2D eigenvalue weighted by Crippen LogP contribution is -2.35. The van der Waals surface area contributed by atoms with Gasteiger partial charge in [0.2, 0.25) is 0 Å². The summed E-state index contributed by atoms with van der Waals surface area (Å²) in [4.78, 5) is 18.2. The van der Waals surface area contributed by atoms with Crippen LogP contribution in [0.15, 0.2) is 0 Å². The van der Waals surface area contributed by atoms with Gasteiger partial charge in [0.15, 0.2) is 5.79 Å². The predicted octanol–water partition coefficient (Wildman–Crippen LogP) is -1.23. The zero-order chi connectivity index (χ0) is 16.2. The minimum atomic E-state index is -1.82. The van der Waals surface area contributed by atoms with E-state index in [0.717, 1.165) is 6.42 Å². The van der Waals surface area contributed by atoms with Gasteiger partial charge in [-0.1, -0.05) is 0 Å². The van der Waals surface area contributed by atoms with Crippen LogP contribution in [0.25, 0.3) is 0 Å². The van der Waals surface area contributed by atoms with Gasteiger partial charge in [0.1, 0.15) is 12.2 Å². The zero-order valence-electron chi connectivity index (χ0n) is 11.9. The molecule has 0 aromatic rings. The number of aliphatic carboxylic acids is 2. The van der Waals surface area contributed by atoms with Crippen molar-refractivity contribution in [2.75, 3.05) is 13.2 Å². The summed E-state index contributed by atoms with van der Waals surface area (Å²) in [5.41, 5.74) is 5.96. The van der Waals surface area contributed by atoms with E-state index in [9.17, 15) is 0 Å². The molecule has 9 heteroatoms.